The molecule has 0 amide bonds. The van der Waals surface area contributed by atoms with Crippen molar-refractivity contribution in [1.82, 2.24) is 0 Å². The van der Waals surface area contributed by atoms with Gasteiger partial charge in [-0.2, -0.15) is 0 Å². The molecule has 90 valence electrons. The predicted octanol–water partition coefficient (Wildman–Crippen LogP) is 1.60. The van der Waals surface area contributed by atoms with Gasteiger partial charge in [-0.05, 0) is 25.7 Å². The van der Waals surface area contributed by atoms with Crippen molar-refractivity contribution in [2.45, 2.75) is 37.9 Å². The largest absolute Gasteiger partial charge is 0.481 e. The third kappa shape index (κ3) is 1.87. The average molecular weight is 226 g/mol. The molecule has 0 bridgehead atoms. The van der Waals surface area contributed by atoms with Gasteiger partial charge < -0.3 is 14.6 Å². The van der Waals surface area contributed by atoms with E-state index in [0.29, 0.717) is 19.6 Å². The Morgan fingerprint density at radius 1 is 1.69 bits per heavy atom. The van der Waals surface area contributed by atoms with Gasteiger partial charge >= 0.3 is 5.97 Å². The molecule has 1 saturated carbocycles. The molecule has 0 radical (unpaired) electrons. The molecule has 2 fully saturated rings. The van der Waals surface area contributed by atoms with Gasteiger partial charge in [-0.15, -0.1) is 6.58 Å². The van der Waals surface area contributed by atoms with Crippen LogP contribution < -0.4 is 0 Å². The first kappa shape index (κ1) is 11.6. The molecule has 16 heavy (non-hydrogen) atoms. The zero-order valence-corrected chi connectivity index (χ0v) is 9.35. The first-order chi connectivity index (χ1) is 7.69. The second-order valence-electron chi connectivity index (χ2n) is 4.63. The maximum Gasteiger partial charge on any atom is 0.312 e. The predicted molar refractivity (Wildman–Crippen MR) is 58.2 cm³/mol. The van der Waals surface area contributed by atoms with E-state index in [0.717, 1.165) is 19.3 Å². The van der Waals surface area contributed by atoms with Crippen LogP contribution in [0.1, 0.15) is 25.7 Å². The van der Waals surface area contributed by atoms with Gasteiger partial charge in [0.05, 0.1) is 30.8 Å². The molecule has 0 unspecified atom stereocenters. The van der Waals surface area contributed by atoms with E-state index in [9.17, 15) is 9.90 Å². The number of hydrogen-bond acceptors (Lipinski definition) is 3. The summed E-state index contributed by atoms with van der Waals surface area (Å²) in [7, 11) is 0. The van der Waals surface area contributed by atoms with Crippen LogP contribution in [-0.2, 0) is 14.3 Å². The zero-order valence-electron chi connectivity index (χ0n) is 9.35. The summed E-state index contributed by atoms with van der Waals surface area (Å²) in [6.07, 6.45) is 4.66. The average Bonchev–Trinajstić information content (AvgIpc) is 2.74. The van der Waals surface area contributed by atoms with E-state index in [-0.39, 0.29) is 12.2 Å². The Labute approximate surface area is 95.2 Å². The normalized spacial score (nSPS) is 37.2. The second kappa shape index (κ2) is 4.55. The molecule has 0 spiro atoms. The molecule has 4 heteroatoms. The fraction of sp³-hybridized carbons (Fsp3) is 0.750. The molecule has 0 aromatic carbocycles. The Morgan fingerprint density at radius 3 is 3.12 bits per heavy atom. The Morgan fingerprint density at radius 2 is 2.50 bits per heavy atom. The molecule has 1 saturated heterocycles. The molecule has 1 N–H and O–H groups in total. The molecular formula is C12H18O4. The molecule has 0 aromatic heterocycles. The number of ether oxygens (including phenoxy) is 2. The van der Waals surface area contributed by atoms with E-state index in [1.165, 1.54) is 0 Å². The van der Waals surface area contributed by atoms with Crippen molar-refractivity contribution in [3.8, 4) is 0 Å². The van der Waals surface area contributed by atoms with Crippen LogP contribution in [-0.4, -0.2) is 36.5 Å². The van der Waals surface area contributed by atoms with Crippen molar-refractivity contribution in [3.63, 3.8) is 0 Å². The van der Waals surface area contributed by atoms with Gasteiger partial charge in [0.25, 0.3) is 0 Å². The van der Waals surface area contributed by atoms with Crippen LogP contribution in [0.4, 0.5) is 0 Å². The minimum Gasteiger partial charge on any atom is -0.481 e. The highest BCUT2D eigenvalue weighted by atomic mass is 16.5. The van der Waals surface area contributed by atoms with Gasteiger partial charge in [0.15, 0.2) is 0 Å². The van der Waals surface area contributed by atoms with Gasteiger partial charge in [-0.25, -0.2) is 0 Å². The van der Waals surface area contributed by atoms with Gasteiger partial charge in [0.2, 0.25) is 0 Å². The third-order valence-electron chi connectivity index (χ3n) is 3.62. The van der Waals surface area contributed by atoms with Crippen LogP contribution in [0.2, 0.25) is 0 Å². The van der Waals surface area contributed by atoms with Gasteiger partial charge in [0.1, 0.15) is 0 Å². The number of fused-ring (bicyclic) bond motifs is 1. The van der Waals surface area contributed by atoms with Crippen LogP contribution >= 0.6 is 0 Å². The number of aliphatic carboxylic acids is 1. The number of rotatable bonds is 5. The fourth-order valence-electron chi connectivity index (χ4n) is 2.87. The highest BCUT2D eigenvalue weighted by Gasteiger charge is 2.56. The SMILES string of the molecule is C=CCOC[C@H]1C[C@]2(C(=O)O)CCC[C@@H]2O1. The van der Waals surface area contributed by atoms with Crippen LogP contribution in [0.5, 0.6) is 0 Å². The standard InChI is InChI=1S/C12H18O4/c1-2-6-15-8-9-7-12(11(13)14)5-3-4-10(12)16-9/h2,9-10H,1,3-8H2,(H,13,14)/t9-,10+,12-/m1/s1. The topological polar surface area (TPSA) is 55.8 Å². The Hall–Kier alpha value is -0.870. The lowest BCUT2D eigenvalue weighted by atomic mass is 9.81. The van der Waals surface area contributed by atoms with Crippen molar-refractivity contribution in [1.29, 1.82) is 0 Å². The lowest BCUT2D eigenvalue weighted by molar-refractivity contribution is -0.150. The number of carboxylic acid groups (broad SMARTS) is 1. The molecule has 4 nitrogen and oxygen atoms in total. The number of hydrogen-bond donors (Lipinski definition) is 1. The van der Waals surface area contributed by atoms with Gasteiger partial charge in [-0.3, -0.25) is 4.79 Å². The van der Waals surface area contributed by atoms with E-state index in [1.807, 2.05) is 0 Å². The Bertz CT molecular complexity index is 289. The summed E-state index contributed by atoms with van der Waals surface area (Å²) in [5.74, 6) is -0.707. The van der Waals surface area contributed by atoms with E-state index in [1.54, 1.807) is 6.08 Å². The van der Waals surface area contributed by atoms with E-state index < -0.39 is 11.4 Å². The molecule has 1 aliphatic carbocycles. The first-order valence-corrected chi connectivity index (χ1v) is 5.76. The van der Waals surface area contributed by atoms with E-state index in [2.05, 4.69) is 6.58 Å². The van der Waals surface area contributed by atoms with Crippen molar-refractivity contribution in [2.24, 2.45) is 5.41 Å². The molecule has 1 aliphatic heterocycles. The summed E-state index contributed by atoms with van der Waals surface area (Å²) in [6.45, 7) is 4.52. The van der Waals surface area contributed by atoms with Crippen molar-refractivity contribution < 1.29 is 19.4 Å². The smallest absolute Gasteiger partial charge is 0.312 e. The maximum atomic E-state index is 11.3. The minimum absolute atomic E-state index is 0.0682. The summed E-state index contributed by atoms with van der Waals surface area (Å²) in [5.41, 5.74) is -0.637. The van der Waals surface area contributed by atoms with E-state index in [4.69, 9.17) is 9.47 Å². The molecule has 3 atom stereocenters. The summed E-state index contributed by atoms with van der Waals surface area (Å²) >= 11 is 0. The summed E-state index contributed by atoms with van der Waals surface area (Å²) in [6, 6.07) is 0. The van der Waals surface area contributed by atoms with Crippen molar-refractivity contribution in [3.05, 3.63) is 12.7 Å². The minimum atomic E-state index is -0.707. The lowest BCUT2D eigenvalue weighted by Gasteiger charge is -2.21. The highest BCUT2D eigenvalue weighted by molar-refractivity contribution is 5.76. The van der Waals surface area contributed by atoms with Gasteiger partial charge in [-0.1, -0.05) is 6.08 Å². The molecule has 0 aromatic rings. The lowest BCUT2D eigenvalue weighted by Crippen LogP contribution is -2.34. The summed E-state index contributed by atoms with van der Waals surface area (Å²) in [4.78, 5) is 11.3. The second-order valence-corrected chi connectivity index (χ2v) is 4.63. The van der Waals surface area contributed by atoms with Crippen LogP contribution in [0, 0.1) is 5.41 Å². The molecule has 2 rings (SSSR count). The third-order valence-corrected chi connectivity index (χ3v) is 3.62. The van der Waals surface area contributed by atoms with Crippen molar-refractivity contribution >= 4 is 5.97 Å². The van der Waals surface area contributed by atoms with Crippen LogP contribution in [0.3, 0.4) is 0 Å². The van der Waals surface area contributed by atoms with Crippen molar-refractivity contribution in [2.75, 3.05) is 13.2 Å². The summed E-state index contributed by atoms with van der Waals surface area (Å²) in [5, 5.41) is 9.33. The van der Waals surface area contributed by atoms with E-state index >= 15 is 0 Å². The number of carbonyl (C=O) groups is 1. The van der Waals surface area contributed by atoms with Gasteiger partial charge in [0, 0.05) is 0 Å². The Kier molecular flexibility index (Phi) is 3.30. The fourth-order valence-corrected chi connectivity index (χ4v) is 2.87. The quantitative estimate of drug-likeness (QED) is 0.571. The monoisotopic (exact) mass is 226 g/mol. The maximum absolute atomic E-state index is 11.3. The molecule has 1 heterocycles. The highest BCUT2D eigenvalue weighted by Crippen LogP contribution is 2.49. The Balaban J connectivity index is 1.94. The molecule has 2 aliphatic rings. The molecular weight excluding hydrogens is 208 g/mol. The number of carboxylic acids is 1. The van der Waals surface area contributed by atoms with Crippen LogP contribution in [0.25, 0.3) is 0 Å². The zero-order chi connectivity index (χ0) is 11.6. The van der Waals surface area contributed by atoms with Crippen LogP contribution in [0.15, 0.2) is 12.7 Å². The summed E-state index contributed by atoms with van der Waals surface area (Å²) < 4.78 is 11.1. The first-order valence-electron chi connectivity index (χ1n) is 5.76.